The van der Waals surface area contributed by atoms with Gasteiger partial charge < -0.3 is 9.47 Å². The first-order chi connectivity index (χ1) is 17.7. The number of hydrogen-bond donors (Lipinski definition) is 0. The van der Waals surface area contributed by atoms with E-state index in [0.29, 0.717) is 20.3 Å². The van der Waals surface area contributed by atoms with Crippen molar-refractivity contribution in [3.63, 3.8) is 0 Å². The number of carbonyl (C=O) groups excluding carboxylic acids is 2. The monoisotopic (exact) mass is 629 g/mol. The molecule has 0 fully saturated rings. The molecule has 1 unspecified atom stereocenters. The number of halogens is 1. The Hall–Kier alpha value is -3.44. The number of sulfonamides is 1. The van der Waals surface area contributed by atoms with Crippen LogP contribution in [0.25, 0.3) is 5.57 Å². The fraction of sp³-hybridized carbons (Fsp3) is 0.143. The first-order valence-electron chi connectivity index (χ1n) is 11.2. The van der Waals surface area contributed by atoms with Crippen LogP contribution < -0.4 is 0 Å². The van der Waals surface area contributed by atoms with Crippen molar-refractivity contribution in [2.24, 2.45) is 0 Å². The van der Waals surface area contributed by atoms with Gasteiger partial charge in [0.1, 0.15) is 11.6 Å². The lowest BCUT2D eigenvalue weighted by molar-refractivity contribution is -0.140. The molecule has 3 aromatic carbocycles. The van der Waals surface area contributed by atoms with Gasteiger partial charge in [0.05, 0.1) is 19.1 Å². The maximum Gasteiger partial charge on any atom is 0.356 e. The van der Waals surface area contributed by atoms with E-state index in [9.17, 15) is 18.0 Å². The van der Waals surface area contributed by atoms with Gasteiger partial charge in [-0.2, -0.15) is 0 Å². The Kier molecular flexibility index (Phi) is 7.84. The Morgan fingerprint density at radius 2 is 1.35 bits per heavy atom. The first-order valence-corrected chi connectivity index (χ1v) is 13.8. The molecule has 0 saturated heterocycles. The first kappa shape index (κ1) is 26.6. The lowest BCUT2D eigenvalue weighted by atomic mass is 9.89. The third-order valence-electron chi connectivity index (χ3n) is 5.94. The second-order valence-corrected chi connectivity index (χ2v) is 11.2. The van der Waals surface area contributed by atoms with Gasteiger partial charge in [-0.15, -0.1) is 0 Å². The highest BCUT2D eigenvalue weighted by Crippen LogP contribution is 2.50. The maximum absolute atomic E-state index is 14.3. The van der Waals surface area contributed by atoms with Crippen molar-refractivity contribution in [2.45, 2.75) is 17.9 Å². The lowest BCUT2D eigenvalue weighted by Gasteiger charge is -2.39. The minimum absolute atomic E-state index is 0.0305. The number of hydrogen-bond acceptors (Lipinski definition) is 6. The number of nitrogens with zero attached hydrogens (tertiary/aromatic N) is 1. The molecular weight excluding hydrogens is 605 g/mol. The predicted octanol–water partition coefficient (Wildman–Crippen LogP) is 5.19. The van der Waals surface area contributed by atoms with E-state index in [4.69, 9.17) is 9.47 Å². The van der Waals surface area contributed by atoms with Crippen molar-refractivity contribution < 1.29 is 27.5 Å². The fourth-order valence-corrected chi connectivity index (χ4v) is 7.22. The van der Waals surface area contributed by atoms with Crippen LogP contribution in [0, 0.1) is 6.92 Å². The van der Waals surface area contributed by atoms with Gasteiger partial charge in [0.15, 0.2) is 5.70 Å². The van der Waals surface area contributed by atoms with E-state index in [1.54, 1.807) is 60.7 Å². The molecule has 0 saturated carbocycles. The van der Waals surface area contributed by atoms with Gasteiger partial charge >= 0.3 is 11.9 Å². The van der Waals surface area contributed by atoms with Crippen molar-refractivity contribution in [3.8, 4) is 0 Å². The average Bonchev–Trinajstić information content (AvgIpc) is 2.92. The second-order valence-electron chi connectivity index (χ2n) is 8.22. The second kappa shape index (κ2) is 10.9. The largest absolute Gasteiger partial charge is 0.465 e. The number of methoxy groups -OCH3 is 2. The van der Waals surface area contributed by atoms with Crippen molar-refractivity contribution in [2.75, 3.05) is 14.2 Å². The molecule has 0 aromatic heterocycles. The number of benzene rings is 3. The van der Waals surface area contributed by atoms with Gasteiger partial charge in [0.2, 0.25) is 0 Å². The molecule has 1 aliphatic heterocycles. The van der Waals surface area contributed by atoms with Gasteiger partial charge in [-0.25, -0.2) is 22.3 Å². The minimum atomic E-state index is -4.37. The summed E-state index contributed by atoms with van der Waals surface area (Å²) in [5.74, 6) is -1.83. The molecule has 0 radical (unpaired) electrons. The fourth-order valence-electron chi connectivity index (χ4n) is 4.19. The molecule has 0 spiro atoms. The van der Waals surface area contributed by atoms with Crippen LogP contribution in [0.3, 0.4) is 0 Å². The molecule has 37 heavy (non-hydrogen) atoms. The summed E-state index contributed by atoms with van der Waals surface area (Å²) >= 11 is 2.06. The molecule has 0 N–H and O–H groups in total. The summed E-state index contributed by atoms with van der Waals surface area (Å²) < 4.78 is 40.2. The van der Waals surface area contributed by atoms with Gasteiger partial charge in [0.25, 0.3) is 10.0 Å². The molecule has 4 rings (SSSR count). The Morgan fingerprint density at radius 1 is 0.811 bits per heavy atom. The quantitative estimate of drug-likeness (QED) is 0.276. The number of esters is 2. The van der Waals surface area contributed by atoms with Gasteiger partial charge in [0, 0.05) is 9.15 Å². The van der Waals surface area contributed by atoms with Crippen LogP contribution in [0.5, 0.6) is 0 Å². The topological polar surface area (TPSA) is 90.0 Å². The summed E-state index contributed by atoms with van der Waals surface area (Å²) in [6.07, 6.45) is 0. The van der Waals surface area contributed by atoms with Crippen LogP contribution in [0.2, 0.25) is 0 Å². The van der Waals surface area contributed by atoms with E-state index < -0.39 is 33.7 Å². The smallest absolute Gasteiger partial charge is 0.356 e. The predicted molar refractivity (Wildman–Crippen MR) is 148 cm³/mol. The Morgan fingerprint density at radius 3 is 1.89 bits per heavy atom. The molecule has 1 heterocycles. The Bertz CT molecular complexity index is 1500. The minimum Gasteiger partial charge on any atom is -0.465 e. The summed E-state index contributed by atoms with van der Waals surface area (Å²) in [5, 5.41) is 0. The molecule has 1 aliphatic rings. The molecule has 0 amide bonds. The summed E-state index contributed by atoms with van der Waals surface area (Å²) in [6.45, 7) is 1.84. The molecular formula is C28H24INO6S. The highest BCUT2D eigenvalue weighted by molar-refractivity contribution is 14.1. The summed E-state index contributed by atoms with van der Waals surface area (Å²) in [4.78, 5) is 26.6. The number of aryl methyl sites for hydroxylation is 1. The van der Waals surface area contributed by atoms with Crippen molar-refractivity contribution in [3.05, 3.63) is 116 Å². The standard InChI is InChI=1S/C28H24INO6S/c1-18-14-16-21(17-15-18)37(33,34)30-25(20-12-8-5-9-13-20)24(29)22(19-10-6-4-7-11-19)23(27(31)35-2)26(30)28(32)36-3/h4-17,25H,1-3H3. The van der Waals surface area contributed by atoms with Gasteiger partial charge in [-0.3, -0.25) is 0 Å². The molecule has 9 heteroatoms. The lowest BCUT2D eigenvalue weighted by Crippen LogP contribution is -2.42. The normalized spacial score (nSPS) is 16.0. The average molecular weight is 629 g/mol. The zero-order valence-corrected chi connectivity index (χ0v) is 23.3. The molecule has 1 atom stereocenters. The molecule has 7 nitrogen and oxygen atoms in total. The van der Waals surface area contributed by atoms with Crippen molar-refractivity contribution >= 4 is 50.1 Å². The third kappa shape index (κ3) is 4.93. The summed E-state index contributed by atoms with van der Waals surface area (Å²) in [7, 11) is -2.04. The summed E-state index contributed by atoms with van der Waals surface area (Å²) in [6, 6.07) is 23.3. The number of rotatable bonds is 6. The van der Waals surface area contributed by atoms with Crippen LogP contribution >= 0.6 is 22.6 Å². The van der Waals surface area contributed by atoms with Gasteiger partial charge in [-0.05, 0) is 52.8 Å². The van der Waals surface area contributed by atoms with Crippen molar-refractivity contribution in [1.29, 1.82) is 0 Å². The zero-order chi connectivity index (χ0) is 26.7. The highest BCUT2D eigenvalue weighted by Gasteiger charge is 2.47. The van der Waals surface area contributed by atoms with Crippen LogP contribution in [-0.4, -0.2) is 38.9 Å². The zero-order valence-electron chi connectivity index (χ0n) is 20.3. The third-order valence-corrected chi connectivity index (χ3v) is 8.85. The van der Waals surface area contributed by atoms with Crippen LogP contribution in [-0.2, 0) is 29.1 Å². The molecule has 0 bridgehead atoms. The van der Waals surface area contributed by atoms with E-state index in [1.165, 1.54) is 19.2 Å². The van der Waals surface area contributed by atoms with Crippen LogP contribution in [0.1, 0.15) is 22.7 Å². The van der Waals surface area contributed by atoms with E-state index in [-0.39, 0.29) is 10.5 Å². The Labute approximate surface area is 229 Å². The van der Waals surface area contributed by atoms with Crippen molar-refractivity contribution in [1.82, 2.24) is 4.31 Å². The molecule has 0 aliphatic carbocycles. The van der Waals surface area contributed by atoms with E-state index >= 15 is 0 Å². The molecule has 3 aromatic rings. The number of ether oxygens (including phenoxy) is 2. The van der Waals surface area contributed by atoms with Crippen LogP contribution in [0.4, 0.5) is 0 Å². The Balaban J connectivity index is 2.16. The molecule has 190 valence electrons. The maximum atomic E-state index is 14.3. The van der Waals surface area contributed by atoms with E-state index in [1.807, 2.05) is 19.1 Å². The SMILES string of the molecule is COC(=O)C1=C(C(=O)OC)N(S(=O)(=O)c2ccc(C)cc2)C(c2ccccc2)C(I)=C1c1ccccc1. The van der Waals surface area contributed by atoms with E-state index in [0.717, 1.165) is 17.0 Å². The van der Waals surface area contributed by atoms with E-state index in [2.05, 4.69) is 22.6 Å². The van der Waals surface area contributed by atoms with Crippen LogP contribution in [0.15, 0.2) is 105 Å². The highest BCUT2D eigenvalue weighted by atomic mass is 127. The summed E-state index contributed by atoms with van der Waals surface area (Å²) in [5.41, 5.74) is 1.91. The number of carbonyl (C=O) groups is 2. The van der Waals surface area contributed by atoms with Gasteiger partial charge in [-0.1, -0.05) is 78.4 Å².